The third kappa shape index (κ3) is 4.82. The number of hydrogen-bond donors (Lipinski definition) is 2. The lowest BCUT2D eigenvalue weighted by atomic mass is 10.2. The van der Waals surface area contributed by atoms with Crippen LogP contribution in [0.2, 0.25) is 10.0 Å². The Labute approximate surface area is 182 Å². The normalized spacial score (nSPS) is 10.7. The monoisotopic (exact) mass is 482 g/mol. The lowest BCUT2D eigenvalue weighted by Crippen LogP contribution is -2.20. The van der Waals surface area contributed by atoms with Gasteiger partial charge in [-0.05, 0) is 55.9 Å². The topological polar surface area (TPSA) is 41.9 Å². The number of aryl methyl sites for hydroxylation is 1. The molecule has 0 aliphatic carbocycles. The fourth-order valence-corrected chi connectivity index (χ4v) is 3.81. The molecule has 3 rings (SSSR count). The predicted octanol–water partition coefficient (Wildman–Crippen LogP) is 6.43. The molecule has 0 saturated heterocycles. The maximum Gasteiger partial charge on any atom is 0.175 e. The highest BCUT2D eigenvalue weighted by molar-refractivity contribution is 9.10. The molecule has 0 fully saturated rings. The van der Waals surface area contributed by atoms with Crippen LogP contribution in [0.5, 0.6) is 0 Å². The van der Waals surface area contributed by atoms with Crippen molar-refractivity contribution >= 4 is 67.8 Å². The van der Waals surface area contributed by atoms with Crippen LogP contribution in [0.1, 0.15) is 17.0 Å². The van der Waals surface area contributed by atoms with E-state index in [2.05, 4.69) is 31.7 Å². The Morgan fingerprint density at radius 1 is 1.11 bits per heavy atom. The minimum absolute atomic E-state index is 0.447. The Morgan fingerprint density at radius 3 is 2.56 bits per heavy atom. The van der Waals surface area contributed by atoms with Crippen LogP contribution in [0.15, 0.2) is 46.9 Å². The van der Waals surface area contributed by atoms with Gasteiger partial charge in [0.1, 0.15) is 0 Å². The summed E-state index contributed by atoms with van der Waals surface area (Å²) in [7, 11) is 0. The van der Waals surface area contributed by atoms with Gasteiger partial charge in [-0.1, -0.05) is 57.3 Å². The number of nitrogens with zero attached hydrogens (tertiary/aromatic N) is 2. The van der Waals surface area contributed by atoms with Crippen molar-refractivity contribution in [1.29, 1.82) is 0 Å². The Morgan fingerprint density at radius 2 is 1.85 bits per heavy atom. The number of thiocarbonyl (C=S) groups is 1. The van der Waals surface area contributed by atoms with Crippen LogP contribution in [0.25, 0.3) is 0 Å². The van der Waals surface area contributed by atoms with Crippen molar-refractivity contribution in [3.8, 4) is 0 Å². The summed E-state index contributed by atoms with van der Waals surface area (Å²) in [6, 6.07) is 13.3. The van der Waals surface area contributed by atoms with Gasteiger partial charge >= 0.3 is 0 Å². The Hall–Kier alpha value is -1.60. The van der Waals surface area contributed by atoms with Crippen LogP contribution in [-0.4, -0.2) is 14.9 Å². The second-order valence-electron chi connectivity index (χ2n) is 6.00. The molecule has 4 nitrogen and oxygen atoms in total. The molecule has 0 aliphatic heterocycles. The molecule has 0 aliphatic rings. The molecule has 0 amide bonds. The molecule has 0 saturated carbocycles. The predicted molar refractivity (Wildman–Crippen MR) is 121 cm³/mol. The third-order valence-electron chi connectivity index (χ3n) is 4.08. The van der Waals surface area contributed by atoms with Gasteiger partial charge in [-0.3, -0.25) is 4.68 Å². The zero-order chi connectivity index (χ0) is 19.6. The number of nitrogens with one attached hydrogen (secondary N) is 2. The molecule has 0 spiro atoms. The number of aromatic nitrogens is 2. The Balaban J connectivity index is 1.76. The van der Waals surface area contributed by atoms with Crippen LogP contribution in [0.4, 0.5) is 11.4 Å². The van der Waals surface area contributed by atoms with Gasteiger partial charge in [0.15, 0.2) is 5.11 Å². The summed E-state index contributed by atoms with van der Waals surface area (Å²) in [6.45, 7) is 4.52. The summed E-state index contributed by atoms with van der Waals surface area (Å²) in [5, 5.41) is 12.7. The fourth-order valence-electron chi connectivity index (χ4n) is 2.68. The lowest BCUT2D eigenvalue weighted by Gasteiger charge is -2.12. The average Bonchev–Trinajstić information content (AvgIpc) is 2.87. The van der Waals surface area contributed by atoms with Gasteiger partial charge in [0.05, 0.1) is 34.3 Å². The van der Waals surface area contributed by atoms with E-state index in [-0.39, 0.29) is 0 Å². The van der Waals surface area contributed by atoms with E-state index in [0.717, 1.165) is 37.8 Å². The second-order valence-corrected chi connectivity index (χ2v) is 8.14. The highest BCUT2D eigenvalue weighted by atomic mass is 79.9. The van der Waals surface area contributed by atoms with Crippen molar-refractivity contribution in [2.45, 2.75) is 20.4 Å². The first-order chi connectivity index (χ1) is 12.8. The molecule has 27 heavy (non-hydrogen) atoms. The first-order valence-corrected chi connectivity index (χ1v) is 10.1. The standard InChI is InChI=1S/C19H17BrCl2N4S/c1-11-18(24-19(27)23-17-8-7-14(20)9-16(17)22)12(2)26(25-11)10-13-5-3-4-6-15(13)21/h3-9H,10H2,1-2H3,(H2,23,24,27). The maximum absolute atomic E-state index is 6.27. The van der Waals surface area contributed by atoms with Crippen LogP contribution in [0, 0.1) is 13.8 Å². The highest BCUT2D eigenvalue weighted by Crippen LogP contribution is 2.27. The lowest BCUT2D eigenvalue weighted by molar-refractivity contribution is 0.659. The number of anilines is 2. The van der Waals surface area contributed by atoms with Gasteiger partial charge in [-0.25, -0.2) is 0 Å². The van der Waals surface area contributed by atoms with Gasteiger partial charge in [0, 0.05) is 9.50 Å². The molecule has 3 aromatic rings. The molecule has 8 heteroatoms. The highest BCUT2D eigenvalue weighted by Gasteiger charge is 2.14. The van der Waals surface area contributed by atoms with E-state index in [1.807, 2.05) is 61.0 Å². The van der Waals surface area contributed by atoms with Crippen molar-refractivity contribution in [3.05, 3.63) is 73.9 Å². The van der Waals surface area contributed by atoms with Crippen molar-refractivity contribution < 1.29 is 0 Å². The molecule has 2 aromatic carbocycles. The zero-order valence-corrected chi connectivity index (χ0v) is 18.6. The second kappa shape index (κ2) is 8.61. The molecular formula is C19H17BrCl2N4S. The van der Waals surface area contributed by atoms with Gasteiger partial charge < -0.3 is 10.6 Å². The smallest absolute Gasteiger partial charge is 0.175 e. The Bertz CT molecular complexity index is 1000. The molecule has 1 heterocycles. The first kappa shape index (κ1) is 20.1. The van der Waals surface area contributed by atoms with Crippen LogP contribution in [0.3, 0.4) is 0 Å². The first-order valence-electron chi connectivity index (χ1n) is 8.15. The molecule has 1 aromatic heterocycles. The Kier molecular flexibility index (Phi) is 6.42. The summed E-state index contributed by atoms with van der Waals surface area (Å²) in [5.41, 5.74) is 4.44. The maximum atomic E-state index is 6.27. The van der Waals surface area contributed by atoms with E-state index in [1.54, 1.807) is 0 Å². The van der Waals surface area contributed by atoms with Gasteiger partial charge in [0.2, 0.25) is 0 Å². The number of rotatable bonds is 4. The van der Waals surface area contributed by atoms with E-state index < -0.39 is 0 Å². The largest absolute Gasteiger partial charge is 0.331 e. The molecule has 140 valence electrons. The molecule has 0 radical (unpaired) electrons. The minimum atomic E-state index is 0.447. The van der Waals surface area contributed by atoms with Crippen LogP contribution < -0.4 is 10.6 Å². The van der Waals surface area contributed by atoms with Gasteiger partial charge in [-0.2, -0.15) is 5.10 Å². The van der Waals surface area contributed by atoms with E-state index in [9.17, 15) is 0 Å². The van der Waals surface area contributed by atoms with E-state index >= 15 is 0 Å². The third-order valence-corrected chi connectivity index (χ3v) is 5.46. The quantitative estimate of drug-likeness (QED) is 0.419. The van der Waals surface area contributed by atoms with E-state index in [0.29, 0.717) is 16.7 Å². The number of hydrogen-bond acceptors (Lipinski definition) is 2. The van der Waals surface area contributed by atoms with Crippen molar-refractivity contribution in [3.63, 3.8) is 0 Å². The van der Waals surface area contributed by atoms with Crippen molar-refractivity contribution in [2.75, 3.05) is 10.6 Å². The molecule has 2 N–H and O–H groups in total. The van der Waals surface area contributed by atoms with E-state index in [4.69, 9.17) is 35.4 Å². The molecule has 0 unspecified atom stereocenters. The SMILES string of the molecule is Cc1nn(Cc2ccccc2Cl)c(C)c1NC(=S)Nc1ccc(Br)cc1Cl. The molecule has 0 bridgehead atoms. The van der Waals surface area contributed by atoms with Crippen molar-refractivity contribution in [2.24, 2.45) is 0 Å². The summed E-state index contributed by atoms with van der Waals surface area (Å²) in [5.74, 6) is 0. The van der Waals surface area contributed by atoms with Gasteiger partial charge in [0.25, 0.3) is 0 Å². The molecule has 0 atom stereocenters. The fraction of sp³-hybridized carbons (Fsp3) is 0.158. The van der Waals surface area contributed by atoms with Gasteiger partial charge in [-0.15, -0.1) is 0 Å². The average molecular weight is 484 g/mol. The zero-order valence-electron chi connectivity index (χ0n) is 14.7. The number of benzene rings is 2. The summed E-state index contributed by atoms with van der Waals surface area (Å²) >= 11 is 21.3. The molecular weight excluding hydrogens is 467 g/mol. The summed E-state index contributed by atoms with van der Waals surface area (Å²) in [4.78, 5) is 0. The number of halogens is 3. The van der Waals surface area contributed by atoms with Crippen molar-refractivity contribution in [1.82, 2.24) is 9.78 Å². The summed E-state index contributed by atoms with van der Waals surface area (Å²) < 4.78 is 2.82. The summed E-state index contributed by atoms with van der Waals surface area (Å²) in [6.07, 6.45) is 0. The van der Waals surface area contributed by atoms with Crippen LogP contribution in [-0.2, 0) is 6.54 Å². The minimum Gasteiger partial charge on any atom is -0.331 e. The van der Waals surface area contributed by atoms with E-state index in [1.165, 1.54) is 0 Å². The van der Waals surface area contributed by atoms with Crippen LogP contribution >= 0.6 is 51.3 Å².